The van der Waals surface area contributed by atoms with Crippen molar-refractivity contribution in [2.45, 2.75) is 51.9 Å². The Kier molecular flexibility index (Phi) is 3.73. The molecule has 2 heteroatoms. The van der Waals surface area contributed by atoms with Crippen LogP contribution >= 0.6 is 0 Å². The minimum atomic E-state index is 0.314. The molecule has 14 heavy (non-hydrogen) atoms. The molecule has 0 saturated carbocycles. The SMILES string of the molecule is CCCC(C)(CCC)c1ccnn1C. The van der Waals surface area contributed by atoms with Crippen LogP contribution in [0.2, 0.25) is 0 Å². The maximum Gasteiger partial charge on any atom is 0.0492 e. The van der Waals surface area contributed by atoms with Crippen molar-refractivity contribution < 1.29 is 0 Å². The fourth-order valence-corrected chi connectivity index (χ4v) is 2.45. The first-order valence-corrected chi connectivity index (χ1v) is 5.62. The van der Waals surface area contributed by atoms with Crippen LogP contribution in [0.1, 0.15) is 52.1 Å². The Morgan fingerprint density at radius 2 is 1.86 bits per heavy atom. The molecule has 0 radical (unpaired) electrons. The lowest BCUT2D eigenvalue weighted by atomic mass is 9.78. The average molecular weight is 194 g/mol. The summed E-state index contributed by atoms with van der Waals surface area (Å²) in [6.45, 7) is 6.87. The van der Waals surface area contributed by atoms with E-state index >= 15 is 0 Å². The topological polar surface area (TPSA) is 17.8 Å². The number of aromatic nitrogens is 2. The molecule has 2 nitrogen and oxygen atoms in total. The normalized spacial score (nSPS) is 12.0. The summed E-state index contributed by atoms with van der Waals surface area (Å²) in [6.07, 6.45) is 6.88. The molecule has 0 aromatic carbocycles. The Hall–Kier alpha value is -0.790. The summed E-state index contributed by atoms with van der Waals surface area (Å²) in [5.74, 6) is 0. The number of nitrogens with zero attached hydrogens (tertiary/aromatic N) is 2. The highest BCUT2D eigenvalue weighted by atomic mass is 15.3. The summed E-state index contributed by atoms with van der Waals surface area (Å²) in [5.41, 5.74) is 1.69. The van der Waals surface area contributed by atoms with Crippen molar-refractivity contribution in [3.05, 3.63) is 18.0 Å². The molecule has 0 atom stereocenters. The zero-order chi connectivity index (χ0) is 10.6. The first kappa shape index (κ1) is 11.3. The smallest absolute Gasteiger partial charge is 0.0492 e. The van der Waals surface area contributed by atoms with Gasteiger partial charge in [0.15, 0.2) is 0 Å². The third-order valence-electron chi connectivity index (χ3n) is 3.04. The van der Waals surface area contributed by atoms with Crippen molar-refractivity contribution in [3.8, 4) is 0 Å². The summed E-state index contributed by atoms with van der Waals surface area (Å²) in [4.78, 5) is 0. The molecule has 0 spiro atoms. The maximum atomic E-state index is 4.26. The van der Waals surface area contributed by atoms with Gasteiger partial charge in [-0.05, 0) is 18.9 Å². The van der Waals surface area contributed by atoms with Crippen LogP contribution in [0.4, 0.5) is 0 Å². The van der Waals surface area contributed by atoms with Gasteiger partial charge in [-0.15, -0.1) is 0 Å². The van der Waals surface area contributed by atoms with E-state index in [-0.39, 0.29) is 0 Å². The summed E-state index contributed by atoms with van der Waals surface area (Å²) >= 11 is 0. The van der Waals surface area contributed by atoms with Crippen LogP contribution in [0.3, 0.4) is 0 Å². The predicted molar refractivity (Wildman–Crippen MR) is 60.4 cm³/mol. The van der Waals surface area contributed by atoms with Crippen LogP contribution in [0.5, 0.6) is 0 Å². The van der Waals surface area contributed by atoms with E-state index in [9.17, 15) is 0 Å². The number of hydrogen-bond acceptors (Lipinski definition) is 1. The van der Waals surface area contributed by atoms with Crippen LogP contribution in [0.25, 0.3) is 0 Å². The highest BCUT2D eigenvalue weighted by Gasteiger charge is 2.27. The standard InChI is InChI=1S/C12H22N2/c1-5-8-12(3,9-6-2)11-7-10-13-14(11)4/h7,10H,5-6,8-9H2,1-4H3. The zero-order valence-corrected chi connectivity index (χ0v) is 9.88. The van der Waals surface area contributed by atoms with Crippen molar-refractivity contribution in [1.82, 2.24) is 9.78 Å². The van der Waals surface area contributed by atoms with Crippen LogP contribution < -0.4 is 0 Å². The number of aryl methyl sites for hydroxylation is 1. The van der Waals surface area contributed by atoms with Crippen LogP contribution in [0, 0.1) is 0 Å². The lowest BCUT2D eigenvalue weighted by Gasteiger charge is -2.29. The van der Waals surface area contributed by atoms with Crippen LogP contribution in [-0.2, 0) is 12.5 Å². The first-order valence-electron chi connectivity index (χ1n) is 5.62. The van der Waals surface area contributed by atoms with Gasteiger partial charge in [-0.1, -0.05) is 33.6 Å². The quantitative estimate of drug-likeness (QED) is 0.703. The summed E-state index contributed by atoms with van der Waals surface area (Å²) in [6, 6.07) is 2.16. The van der Waals surface area contributed by atoms with E-state index in [1.54, 1.807) is 0 Å². The van der Waals surface area contributed by atoms with Crippen LogP contribution in [0.15, 0.2) is 12.3 Å². The zero-order valence-electron chi connectivity index (χ0n) is 9.88. The minimum absolute atomic E-state index is 0.314. The summed E-state index contributed by atoms with van der Waals surface area (Å²) < 4.78 is 2.02. The van der Waals surface area contributed by atoms with Crippen molar-refractivity contribution in [3.63, 3.8) is 0 Å². The molecule has 0 N–H and O–H groups in total. The second-order valence-electron chi connectivity index (χ2n) is 4.40. The van der Waals surface area contributed by atoms with Crippen molar-refractivity contribution in [1.29, 1.82) is 0 Å². The molecule has 0 saturated heterocycles. The van der Waals surface area contributed by atoms with Gasteiger partial charge >= 0.3 is 0 Å². The third-order valence-corrected chi connectivity index (χ3v) is 3.04. The number of hydrogen-bond donors (Lipinski definition) is 0. The fourth-order valence-electron chi connectivity index (χ4n) is 2.45. The Balaban J connectivity index is 2.92. The Labute approximate surface area is 87.3 Å². The van der Waals surface area contributed by atoms with Gasteiger partial charge in [0, 0.05) is 24.4 Å². The fraction of sp³-hybridized carbons (Fsp3) is 0.750. The Morgan fingerprint density at radius 1 is 1.29 bits per heavy atom. The second-order valence-corrected chi connectivity index (χ2v) is 4.40. The molecule has 0 aliphatic rings. The average Bonchev–Trinajstić information content (AvgIpc) is 2.52. The van der Waals surface area contributed by atoms with Crippen molar-refractivity contribution in [2.75, 3.05) is 0 Å². The molecule has 0 bridgehead atoms. The lowest BCUT2D eigenvalue weighted by molar-refractivity contribution is 0.366. The van der Waals surface area contributed by atoms with E-state index in [1.165, 1.54) is 31.4 Å². The van der Waals surface area contributed by atoms with Gasteiger partial charge in [0.1, 0.15) is 0 Å². The largest absolute Gasteiger partial charge is 0.272 e. The van der Waals surface area contributed by atoms with Crippen molar-refractivity contribution in [2.24, 2.45) is 7.05 Å². The van der Waals surface area contributed by atoms with Gasteiger partial charge in [0.25, 0.3) is 0 Å². The molecule has 1 rings (SSSR count). The van der Waals surface area contributed by atoms with E-state index in [4.69, 9.17) is 0 Å². The summed E-state index contributed by atoms with van der Waals surface area (Å²) in [7, 11) is 2.04. The van der Waals surface area contributed by atoms with E-state index < -0.39 is 0 Å². The molecular weight excluding hydrogens is 172 g/mol. The predicted octanol–water partition coefficient (Wildman–Crippen LogP) is 3.28. The molecular formula is C12H22N2. The molecule has 0 amide bonds. The highest BCUT2D eigenvalue weighted by Crippen LogP contribution is 2.33. The Bertz CT molecular complexity index is 270. The van der Waals surface area contributed by atoms with E-state index in [2.05, 4.69) is 31.9 Å². The molecule has 0 aliphatic carbocycles. The van der Waals surface area contributed by atoms with Gasteiger partial charge in [-0.2, -0.15) is 5.10 Å². The van der Waals surface area contributed by atoms with Gasteiger partial charge in [0.2, 0.25) is 0 Å². The first-order chi connectivity index (χ1) is 6.64. The molecule has 1 aromatic rings. The molecule has 80 valence electrons. The Morgan fingerprint density at radius 3 is 2.21 bits per heavy atom. The lowest BCUT2D eigenvalue weighted by Crippen LogP contribution is -2.24. The monoisotopic (exact) mass is 194 g/mol. The van der Waals surface area contributed by atoms with E-state index in [0.29, 0.717) is 5.41 Å². The second kappa shape index (κ2) is 4.63. The molecule has 0 fully saturated rings. The van der Waals surface area contributed by atoms with Gasteiger partial charge in [0.05, 0.1) is 0 Å². The van der Waals surface area contributed by atoms with E-state index in [0.717, 1.165) is 0 Å². The minimum Gasteiger partial charge on any atom is -0.272 e. The molecule has 1 aromatic heterocycles. The van der Waals surface area contributed by atoms with Crippen molar-refractivity contribution >= 4 is 0 Å². The molecule has 0 aliphatic heterocycles. The van der Waals surface area contributed by atoms with Gasteiger partial charge in [-0.25, -0.2) is 0 Å². The van der Waals surface area contributed by atoms with Crippen LogP contribution in [-0.4, -0.2) is 9.78 Å². The van der Waals surface area contributed by atoms with E-state index in [1.807, 2.05) is 17.9 Å². The van der Waals surface area contributed by atoms with Gasteiger partial charge in [-0.3, -0.25) is 4.68 Å². The summed E-state index contributed by atoms with van der Waals surface area (Å²) in [5, 5.41) is 4.26. The molecule has 1 heterocycles. The molecule has 0 unspecified atom stereocenters. The van der Waals surface area contributed by atoms with Gasteiger partial charge < -0.3 is 0 Å². The maximum absolute atomic E-state index is 4.26. The third kappa shape index (κ3) is 2.17. The highest BCUT2D eigenvalue weighted by molar-refractivity contribution is 5.14. The number of rotatable bonds is 5.